The smallest absolute Gasteiger partial charge is 0.231 e. The van der Waals surface area contributed by atoms with Gasteiger partial charge >= 0.3 is 0 Å². The highest BCUT2D eigenvalue weighted by Gasteiger charge is 2.42. The van der Waals surface area contributed by atoms with Crippen LogP contribution in [0.3, 0.4) is 0 Å². The molecule has 4 heterocycles. The van der Waals surface area contributed by atoms with Gasteiger partial charge in [-0.1, -0.05) is 5.16 Å². The Bertz CT molecular complexity index is 581. The van der Waals surface area contributed by atoms with Crippen molar-refractivity contribution in [1.29, 1.82) is 0 Å². The molecule has 2 aliphatic rings. The van der Waals surface area contributed by atoms with E-state index in [-0.39, 0.29) is 0 Å². The van der Waals surface area contributed by atoms with Gasteiger partial charge in [-0.25, -0.2) is 0 Å². The molecule has 0 aromatic carbocycles. The molecule has 0 spiro atoms. The van der Waals surface area contributed by atoms with Gasteiger partial charge in [-0.15, -0.1) is 11.3 Å². The topological polar surface area (TPSA) is 51.0 Å². The maximum Gasteiger partial charge on any atom is 0.231 e. The molecule has 6 heteroatoms. The van der Waals surface area contributed by atoms with E-state index in [0.717, 1.165) is 21.0 Å². The number of hydrogen-bond acceptors (Lipinski definition) is 5. The Hall–Kier alpha value is -0.720. The molecular weight excluding hydrogens is 314 g/mol. The fraction of sp³-hybridized carbons (Fsp3) is 0.500. The van der Waals surface area contributed by atoms with Crippen LogP contribution in [0.25, 0.3) is 10.7 Å². The van der Waals surface area contributed by atoms with Crippen molar-refractivity contribution in [2.45, 2.75) is 37.3 Å². The standard InChI is InChI=1S/C12H12BrN3OS/c13-10-4-3-9(18-10)11-15-12(17-16-11)7-5-6-1-2-8(7)14-6/h3-4,6-8,14H,1-2,5H2. The Kier molecular flexibility index (Phi) is 2.56. The molecule has 2 aromatic heterocycles. The van der Waals surface area contributed by atoms with E-state index >= 15 is 0 Å². The third-order valence-electron chi connectivity index (χ3n) is 3.85. The minimum atomic E-state index is 0.411. The predicted molar refractivity (Wildman–Crippen MR) is 72.6 cm³/mol. The van der Waals surface area contributed by atoms with E-state index in [0.29, 0.717) is 23.8 Å². The molecule has 94 valence electrons. The number of rotatable bonds is 2. The van der Waals surface area contributed by atoms with E-state index in [9.17, 15) is 0 Å². The molecule has 2 aromatic rings. The summed E-state index contributed by atoms with van der Waals surface area (Å²) < 4.78 is 6.54. The molecule has 0 radical (unpaired) electrons. The molecule has 2 saturated heterocycles. The zero-order valence-corrected chi connectivity index (χ0v) is 12.0. The lowest BCUT2D eigenvalue weighted by atomic mass is 9.89. The summed E-state index contributed by atoms with van der Waals surface area (Å²) in [6.07, 6.45) is 3.66. The second kappa shape index (κ2) is 4.15. The number of nitrogens with one attached hydrogen (secondary N) is 1. The summed E-state index contributed by atoms with van der Waals surface area (Å²) >= 11 is 5.08. The van der Waals surface area contributed by atoms with Gasteiger partial charge in [0.25, 0.3) is 0 Å². The van der Waals surface area contributed by atoms with Crippen LogP contribution in [0.5, 0.6) is 0 Å². The van der Waals surface area contributed by atoms with Crippen molar-refractivity contribution in [3.63, 3.8) is 0 Å². The Morgan fingerprint density at radius 1 is 1.39 bits per heavy atom. The Morgan fingerprint density at radius 2 is 2.33 bits per heavy atom. The van der Waals surface area contributed by atoms with Crippen LogP contribution in [-0.2, 0) is 0 Å². The number of halogens is 1. The minimum Gasteiger partial charge on any atom is -0.339 e. The predicted octanol–water partition coefficient (Wildman–Crippen LogP) is 3.17. The SMILES string of the molecule is Brc1ccc(-c2noc(C3CC4CCC3N4)n2)s1. The molecule has 0 saturated carbocycles. The number of thiophene rings is 1. The number of nitrogens with zero attached hydrogens (tertiary/aromatic N) is 2. The maximum absolute atomic E-state index is 5.46. The molecular formula is C12H12BrN3OS. The van der Waals surface area contributed by atoms with Crippen LogP contribution in [0, 0.1) is 0 Å². The quantitative estimate of drug-likeness (QED) is 0.921. The van der Waals surface area contributed by atoms with Crippen LogP contribution >= 0.6 is 27.3 Å². The molecule has 18 heavy (non-hydrogen) atoms. The van der Waals surface area contributed by atoms with Crippen molar-refractivity contribution < 1.29 is 4.52 Å². The van der Waals surface area contributed by atoms with Gasteiger partial charge in [0.1, 0.15) is 0 Å². The molecule has 4 nitrogen and oxygen atoms in total. The van der Waals surface area contributed by atoms with Crippen LogP contribution in [0.1, 0.15) is 31.1 Å². The lowest BCUT2D eigenvalue weighted by Crippen LogP contribution is -2.21. The second-order valence-electron chi connectivity index (χ2n) is 4.95. The van der Waals surface area contributed by atoms with E-state index < -0.39 is 0 Å². The zero-order valence-electron chi connectivity index (χ0n) is 9.60. The first-order valence-electron chi connectivity index (χ1n) is 6.15. The fourth-order valence-corrected chi connectivity index (χ4v) is 4.33. The van der Waals surface area contributed by atoms with Gasteiger partial charge in [0, 0.05) is 12.1 Å². The lowest BCUT2D eigenvalue weighted by Gasteiger charge is -2.15. The van der Waals surface area contributed by atoms with Crippen LogP contribution in [0.15, 0.2) is 20.4 Å². The Labute approximate surface area is 117 Å². The van der Waals surface area contributed by atoms with Crippen LogP contribution in [0.2, 0.25) is 0 Å². The highest BCUT2D eigenvalue weighted by Crippen LogP contribution is 2.40. The number of aromatic nitrogens is 2. The molecule has 3 unspecified atom stereocenters. The summed E-state index contributed by atoms with van der Waals surface area (Å²) in [4.78, 5) is 5.62. The zero-order chi connectivity index (χ0) is 12.1. The van der Waals surface area contributed by atoms with Crippen LogP contribution < -0.4 is 5.32 Å². The van der Waals surface area contributed by atoms with Crippen molar-refractivity contribution in [2.24, 2.45) is 0 Å². The first kappa shape index (κ1) is 11.1. The molecule has 3 atom stereocenters. The number of hydrogen-bond donors (Lipinski definition) is 1. The summed E-state index contributed by atoms with van der Waals surface area (Å²) in [6, 6.07) is 5.22. The molecule has 4 rings (SSSR count). The minimum absolute atomic E-state index is 0.411. The Balaban J connectivity index is 1.62. The van der Waals surface area contributed by atoms with Crippen molar-refractivity contribution in [1.82, 2.24) is 15.5 Å². The van der Waals surface area contributed by atoms with Crippen LogP contribution in [0.4, 0.5) is 0 Å². The second-order valence-corrected chi connectivity index (χ2v) is 7.41. The first-order chi connectivity index (χ1) is 8.79. The lowest BCUT2D eigenvalue weighted by molar-refractivity contribution is 0.330. The average Bonchev–Trinajstić information content (AvgIpc) is 3.12. The maximum atomic E-state index is 5.46. The third-order valence-corrected chi connectivity index (χ3v) is 5.47. The normalized spacial score (nSPS) is 30.2. The average molecular weight is 326 g/mol. The monoisotopic (exact) mass is 325 g/mol. The van der Waals surface area contributed by atoms with E-state index in [1.165, 1.54) is 12.8 Å². The molecule has 2 aliphatic heterocycles. The van der Waals surface area contributed by atoms with Gasteiger partial charge in [-0.2, -0.15) is 4.98 Å². The summed E-state index contributed by atoms with van der Waals surface area (Å²) in [5.74, 6) is 1.92. The summed E-state index contributed by atoms with van der Waals surface area (Å²) in [6.45, 7) is 0. The van der Waals surface area contributed by atoms with Crippen molar-refractivity contribution >= 4 is 27.3 Å². The highest BCUT2D eigenvalue weighted by atomic mass is 79.9. The van der Waals surface area contributed by atoms with E-state index in [1.54, 1.807) is 11.3 Å². The molecule has 2 fully saturated rings. The highest BCUT2D eigenvalue weighted by molar-refractivity contribution is 9.11. The fourth-order valence-electron chi connectivity index (χ4n) is 3.02. The van der Waals surface area contributed by atoms with Gasteiger partial charge in [-0.05, 0) is 47.3 Å². The first-order valence-corrected chi connectivity index (χ1v) is 7.76. The Morgan fingerprint density at radius 3 is 3.00 bits per heavy atom. The van der Waals surface area contributed by atoms with Gasteiger partial charge in [-0.3, -0.25) is 0 Å². The van der Waals surface area contributed by atoms with Crippen molar-refractivity contribution in [3.05, 3.63) is 21.8 Å². The summed E-state index contributed by atoms with van der Waals surface area (Å²) in [7, 11) is 0. The van der Waals surface area contributed by atoms with Gasteiger partial charge in [0.15, 0.2) is 0 Å². The number of fused-ring (bicyclic) bond motifs is 2. The van der Waals surface area contributed by atoms with Crippen molar-refractivity contribution in [2.75, 3.05) is 0 Å². The van der Waals surface area contributed by atoms with E-state index in [2.05, 4.69) is 31.4 Å². The molecule has 0 aliphatic carbocycles. The van der Waals surface area contributed by atoms with E-state index in [1.807, 2.05) is 12.1 Å². The molecule has 1 N–H and O–H groups in total. The van der Waals surface area contributed by atoms with Gasteiger partial charge in [0.05, 0.1) is 14.6 Å². The molecule has 2 bridgehead atoms. The van der Waals surface area contributed by atoms with Gasteiger partial charge < -0.3 is 9.84 Å². The van der Waals surface area contributed by atoms with Gasteiger partial charge in [0.2, 0.25) is 11.7 Å². The van der Waals surface area contributed by atoms with Crippen LogP contribution in [-0.4, -0.2) is 22.2 Å². The summed E-state index contributed by atoms with van der Waals surface area (Å²) in [5, 5.41) is 7.70. The summed E-state index contributed by atoms with van der Waals surface area (Å²) in [5.41, 5.74) is 0. The largest absolute Gasteiger partial charge is 0.339 e. The van der Waals surface area contributed by atoms with Crippen molar-refractivity contribution in [3.8, 4) is 10.7 Å². The third kappa shape index (κ3) is 1.74. The van der Waals surface area contributed by atoms with E-state index in [4.69, 9.17) is 4.52 Å². The molecule has 0 amide bonds.